The van der Waals surface area contributed by atoms with Crippen molar-refractivity contribution < 1.29 is 9.50 Å². The van der Waals surface area contributed by atoms with Crippen molar-refractivity contribution in [3.05, 3.63) is 35.6 Å². The summed E-state index contributed by atoms with van der Waals surface area (Å²) in [6.45, 7) is 6.41. The zero-order chi connectivity index (χ0) is 14.5. The summed E-state index contributed by atoms with van der Waals surface area (Å²) in [6.07, 6.45) is 3.64. The highest BCUT2D eigenvalue weighted by Gasteiger charge is 2.29. The molecule has 1 aliphatic rings. The van der Waals surface area contributed by atoms with Crippen molar-refractivity contribution >= 4 is 0 Å². The van der Waals surface area contributed by atoms with Gasteiger partial charge >= 0.3 is 0 Å². The Morgan fingerprint density at radius 1 is 1.20 bits per heavy atom. The van der Waals surface area contributed by atoms with Crippen molar-refractivity contribution in [2.75, 3.05) is 13.1 Å². The normalized spacial score (nSPS) is 16.9. The Kier molecular flexibility index (Phi) is 5.55. The number of aliphatic hydroxyl groups is 1. The predicted molar refractivity (Wildman–Crippen MR) is 80.0 cm³/mol. The van der Waals surface area contributed by atoms with E-state index in [9.17, 15) is 9.50 Å². The maximum Gasteiger partial charge on any atom is 0.128 e. The third-order valence-electron chi connectivity index (χ3n) is 4.01. The zero-order valence-corrected chi connectivity index (χ0v) is 12.6. The molecular formula is C17H26FNO. The molecule has 1 atom stereocenters. The maximum absolute atomic E-state index is 13.6. The van der Waals surface area contributed by atoms with E-state index in [1.54, 1.807) is 18.2 Å². The molecule has 20 heavy (non-hydrogen) atoms. The fourth-order valence-electron chi connectivity index (χ4n) is 2.53. The minimum atomic E-state index is -0.698. The van der Waals surface area contributed by atoms with Crippen LogP contribution in [-0.4, -0.2) is 29.1 Å². The molecule has 3 heteroatoms. The van der Waals surface area contributed by atoms with Gasteiger partial charge in [-0.3, -0.25) is 0 Å². The van der Waals surface area contributed by atoms with Gasteiger partial charge in [0, 0.05) is 18.2 Å². The highest BCUT2D eigenvalue weighted by Crippen LogP contribution is 2.29. The minimum absolute atomic E-state index is 0.305. The molecule has 1 aromatic carbocycles. The molecule has 0 aromatic heterocycles. The molecule has 1 fully saturated rings. The van der Waals surface area contributed by atoms with Crippen molar-refractivity contribution in [1.29, 1.82) is 0 Å². The van der Waals surface area contributed by atoms with Gasteiger partial charge in [0.05, 0.1) is 6.10 Å². The lowest BCUT2D eigenvalue weighted by Crippen LogP contribution is -2.30. The summed E-state index contributed by atoms with van der Waals surface area (Å²) in [4.78, 5) is 2.46. The van der Waals surface area contributed by atoms with E-state index in [0.717, 1.165) is 13.1 Å². The molecule has 112 valence electrons. The van der Waals surface area contributed by atoms with Gasteiger partial charge in [0.1, 0.15) is 5.82 Å². The number of hydrogen-bond acceptors (Lipinski definition) is 2. The van der Waals surface area contributed by atoms with E-state index < -0.39 is 6.10 Å². The lowest BCUT2D eigenvalue weighted by molar-refractivity contribution is 0.134. The van der Waals surface area contributed by atoms with Crippen molar-refractivity contribution in [1.82, 2.24) is 4.90 Å². The van der Waals surface area contributed by atoms with Crippen LogP contribution < -0.4 is 0 Å². The standard InChI is InChI=1S/C17H26FNO/c1-13(2)9-11-19(14-7-8-14)12-10-17(20)15-5-3-4-6-16(15)18/h3-6,13-14,17,20H,7-12H2,1-2H3. The van der Waals surface area contributed by atoms with Gasteiger partial charge in [0.15, 0.2) is 0 Å². The maximum atomic E-state index is 13.6. The van der Waals surface area contributed by atoms with Crippen LogP contribution in [0.15, 0.2) is 24.3 Å². The Bertz CT molecular complexity index is 417. The molecule has 0 radical (unpaired) electrons. The number of halogens is 1. The predicted octanol–water partition coefficient (Wildman–Crippen LogP) is 3.76. The van der Waals surface area contributed by atoms with Gasteiger partial charge in [-0.05, 0) is 44.2 Å². The molecule has 1 unspecified atom stereocenters. The van der Waals surface area contributed by atoms with E-state index in [2.05, 4.69) is 18.7 Å². The first kappa shape index (κ1) is 15.5. The van der Waals surface area contributed by atoms with Gasteiger partial charge in [0.25, 0.3) is 0 Å². The number of aliphatic hydroxyl groups excluding tert-OH is 1. The zero-order valence-electron chi connectivity index (χ0n) is 12.6. The van der Waals surface area contributed by atoms with E-state index in [1.165, 1.54) is 25.3 Å². The smallest absolute Gasteiger partial charge is 0.128 e. The Labute approximate surface area is 121 Å². The SMILES string of the molecule is CC(C)CCN(CCC(O)c1ccccc1F)C1CC1. The van der Waals surface area contributed by atoms with Gasteiger partial charge in [-0.15, -0.1) is 0 Å². The summed E-state index contributed by atoms with van der Waals surface area (Å²) in [5.41, 5.74) is 0.423. The Hall–Kier alpha value is -0.930. The van der Waals surface area contributed by atoms with E-state index in [1.807, 2.05) is 0 Å². The van der Waals surface area contributed by atoms with Crippen LogP contribution in [0.1, 0.15) is 51.2 Å². The van der Waals surface area contributed by atoms with Crippen LogP contribution in [0.3, 0.4) is 0 Å². The van der Waals surface area contributed by atoms with E-state index >= 15 is 0 Å². The average Bonchev–Trinajstić information content (AvgIpc) is 3.23. The van der Waals surface area contributed by atoms with Crippen LogP contribution >= 0.6 is 0 Å². The summed E-state index contributed by atoms with van der Waals surface area (Å²) in [5, 5.41) is 10.2. The number of hydrogen-bond donors (Lipinski definition) is 1. The second kappa shape index (κ2) is 7.19. The molecule has 1 aromatic rings. The van der Waals surface area contributed by atoms with Gasteiger partial charge in [-0.1, -0.05) is 32.0 Å². The lowest BCUT2D eigenvalue weighted by Gasteiger charge is -2.24. The average molecular weight is 279 g/mol. The Morgan fingerprint density at radius 2 is 1.85 bits per heavy atom. The van der Waals surface area contributed by atoms with Crippen molar-refractivity contribution in [3.8, 4) is 0 Å². The van der Waals surface area contributed by atoms with Gasteiger partial charge in [-0.25, -0.2) is 4.39 Å². The van der Waals surface area contributed by atoms with Crippen LogP contribution in [0, 0.1) is 11.7 Å². The molecule has 1 aliphatic carbocycles. The highest BCUT2D eigenvalue weighted by molar-refractivity contribution is 5.19. The van der Waals surface area contributed by atoms with E-state index in [4.69, 9.17) is 0 Å². The summed E-state index contributed by atoms with van der Waals surface area (Å²) in [7, 11) is 0. The Morgan fingerprint density at radius 3 is 2.45 bits per heavy atom. The molecule has 0 heterocycles. The monoisotopic (exact) mass is 279 g/mol. The molecule has 2 nitrogen and oxygen atoms in total. The second-order valence-electron chi connectivity index (χ2n) is 6.28. The molecule has 0 spiro atoms. The van der Waals surface area contributed by atoms with Crippen molar-refractivity contribution in [2.24, 2.45) is 5.92 Å². The van der Waals surface area contributed by atoms with Crippen LogP contribution in [0.4, 0.5) is 4.39 Å². The lowest BCUT2D eigenvalue weighted by atomic mass is 10.1. The van der Waals surface area contributed by atoms with Crippen molar-refractivity contribution in [3.63, 3.8) is 0 Å². The minimum Gasteiger partial charge on any atom is -0.388 e. The summed E-state index contributed by atoms with van der Waals surface area (Å²) >= 11 is 0. The molecule has 0 saturated heterocycles. The van der Waals surface area contributed by atoms with Gasteiger partial charge in [-0.2, -0.15) is 0 Å². The quantitative estimate of drug-likeness (QED) is 0.783. The second-order valence-corrected chi connectivity index (χ2v) is 6.28. The van der Waals surface area contributed by atoms with Gasteiger partial charge in [0.2, 0.25) is 0 Å². The topological polar surface area (TPSA) is 23.5 Å². The van der Waals surface area contributed by atoms with E-state index in [-0.39, 0.29) is 5.82 Å². The molecule has 0 amide bonds. The fourth-order valence-corrected chi connectivity index (χ4v) is 2.53. The first-order valence-corrected chi connectivity index (χ1v) is 7.74. The van der Waals surface area contributed by atoms with Crippen LogP contribution in [0.25, 0.3) is 0 Å². The molecular weight excluding hydrogens is 253 g/mol. The first-order chi connectivity index (χ1) is 9.58. The first-order valence-electron chi connectivity index (χ1n) is 7.74. The van der Waals surface area contributed by atoms with Crippen LogP contribution in [-0.2, 0) is 0 Å². The highest BCUT2D eigenvalue weighted by atomic mass is 19.1. The van der Waals surface area contributed by atoms with Crippen LogP contribution in [0.2, 0.25) is 0 Å². The summed E-state index contributed by atoms with van der Waals surface area (Å²) in [5.74, 6) is 0.396. The largest absolute Gasteiger partial charge is 0.388 e. The molecule has 1 saturated carbocycles. The van der Waals surface area contributed by atoms with Crippen molar-refractivity contribution in [2.45, 2.75) is 51.7 Å². The number of rotatable bonds is 8. The molecule has 0 bridgehead atoms. The van der Waals surface area contributed by atoms with E-state index in [0.29, 0.717) is 23.9 Å². The number of benzene rings is 1. The molecule has 2 rings (SSSR count). The van der Waals surface area contributed by atoms with Gasteiger partial charge < -0.3 is 10.0 Å². The Balaban J connectivity index is 1.84. The molecule has 0 aliphatic heterocycles. The fraction of sp³-hybridized carbons (Fsp3) is 0.647. The number of nitrogens with zero attached hydrogens (tertiary/aromatic N) is 1. The third kappa shape index (κ3) is 4.57. The van der Waals surface area contributed by atoms with Crippen LogP contribution in [0.5, 0.6) is 0 Å². The molecule has 1 N–H and O–H groups in total. The summed E-state index contributed by atoms with van der Waals surface area (Å²) < 4.78 is 13.6. The third-order valence-corrected chi connectivity index (χ3v) is 4.01. The summed E-state index contributed by atoms with van der Waals surface area (Å²) in [6, 6.07) is 7.22.